The molecule has 0 unspecified atom stereocenters. The van der Waals surface area contributed by atoms with Crippen LogP contribution in [0.15, 0.2) is 120 Å². The van der Waals surface area contributed by atoms with E-state index in [9.17, 15) is 14.9 Å². The molecule has 2 aromatic heterocycles. The Balaban J connectivity index is 1.39. The van der Waals surface area contributed by atoms with Crippen LogP contribution in [0.4, 0.5) is 16.4 Å². The van der Waals surface area contributed by atoms with Crippen LogP contribution in [-0.2, 0) is 12.8 Å². The number of carbonyl (C=O) groups excluding carboxylic acids is 1. The topological polar surface area (TPSA) is 89.5 Å². The van der Waals surface area contributed by atoms with E-state index in [0.29, 0.717) is 27.2 Å². The maximum Gasteiger partial charge on any atom is 0.269 e. The summed E-state index contributed by atoms with van der Waals surface area (Å²) in [5.74, 6) is 0.314. The standard InChI is InChI=1S/C42H37ClN4O3S/c1-42(2,3)30-14-23-35-37(25-30)51-41(38(35)40(48)45-32-17-15-31(43)16-18-32)44-26-29-24-36(27-10-6-4-7-11-27)46(39(29)28-12-8-5-9-13-28)33-19-21-34(22-20-33)47(49)50/h4-13,15-22,24,26,30H,14,23,25H2,1-3H3,(H,45,48)/t30-/m1/s1. The van der Waals surface area contributed by atoms with Crippen molar-refractivity contribution in [3.63, 3.8) is 0 Å². The van der Waals surface area contributed by atoms with E-state index in [0.717, 1.165) is 58.6 Å². The number of benzene rings is 4. The Labute approximate surface area is 306 Å². The first-order chi connectivity index (χ1) is 24.6. The largest absolute Gasteiger partial charge is 0.322 e. The zero-order valence-electron chi connectivity index (χ0n) is 28.6. The Bertz CT molecular complexity index is 2230. The number of hydrogen-bond acceptors (Lipinski definition) is 5. The van der Waals surface area contributed by atoms with Gasteiger partial charge in [-0.1, -0.05) is 93.0 Å². The van der Waals surface area contributed by atoms with Crippen molar-refractivity contribution in [1.29, 1.82) is 0 Å². The minimum absolute atomic E-state index is 0.0231. The number of aliphatic imine (C=N–C) groups is 1. The number of hydrogen-bond donors (Lipinski definition) is 1. The highest BCUT2D eigenvalue weighted by molar-refractivity contribution is 7.16. The van der Waals surface area contributed by atoms with E-state index in [-0.39, 0.29) is 17.0 Å². The van der Waals surface area contributed by atoms with Gasteiger partial charge in [-0.25, -0.2) is 4.99 Å². The number of nitrogens with zero attached hydrogens (tertiary/aromatic N) is 3. The van der Waals surface area contributed by atoms with Crippen molar-refractivity contribution in [2.75, 3.05) is 5.32 Å². The minimum Gasteiger partial charge on any atom is -0.322 e. The third kappa shape index (κ3) is 7.16. The molecule has 0 aliphatic heterocycles. The lowest BCUT2D eigenvalue weighted by Crippen LogP contribution is -2.27. The van der Waals surface area contributed by atoms with Crippen molar-refractivity contribution in [1.82, 2.24) is 4.57 Å². The van der Waals surface area contributed by atoms with Crippen LogP contribution in [0.25, 0.3) is 28.2 Å². The number of nitrogens with one attached hydrogen (secondary N) is 1. The predicted octanol–water partition coefficient (Wildman–Crippen LogP) is 11.6. The lowest BCUT2D eigenvalue weighted by molar-refractivity contribution is -0.384. The molecule has 1 atom stereocenters. The number of carbonyl (C=O) groups is 1. The van der Waals surface area contributed by atoms with Crippen molar-refractivity contribution in [2.24, 2.45) is 16.3 Å². The third-order valence-electron chi connectivity index (χ3n) is 9.59. The molecule has 0 bridgehead atoms. The monoisotopic (exact) mass is 712 g/mol. The van der Waals surface area contributed by atoms with Crippen molar-refractivity contribution >= 4 is 51.4 Å². The number of halogens is 1. The van der Waals surface area contributed by atoms with E-state index < -0.39 is 4.92 Å². The van der Waals surface area contributed by atoms with Gasteiger partial charge >= 0.3 is 0 Å². The maximum absolute atomic E-state index is 14.1. The molecule has 0 fully saturated rings. The van der Waals surface area contributed by atoms with E-state index in [4.69, 9.17) is 16.6 Å². The van der Waals surface area contributed by atoms with Gasteiger partial charge in [0, 0.05) is 45.2 Å². The number of rotatable bonds is 8. The Morgan fingerprint density at radius 2 is 1.59 bits per heavy atom. The molecule has 0 saturated heterocycles. The first-order valence-corrected chi connectivity index (χ1v) is 18.1. The first-order valence-electron chi connectivity index (χ1n) is 16.9. The highest BCUT2D eigenvalue weighted by Crippen LogP contribution is 2.46. The minimum atomic E-state index is -0.390. The number of non-ortho nitro benzene ring substituents is 1. The number of fused-ring (bicyclic) bond motifs is 1. The van der Waals surface area contributed by atoms with E-state index in [1.54, 1.807) is 47.7 Å². The fraction of sp³-hybridized carbons (Fsp3) is 0.190. The van der Waals surface area contributed by atoms with Crippen molar-refractivity contribution in [3.8, 4) is 28.2 Å². The Kier molecular flexibility index (Phi) is 9.46. The maximum atomic E-state index is 14.1. The van der Waals surface area contributed by atoms with E-state index in [1.165, 1.54) is 17.0 Å². The van der Waals surface area contributed by atoms with Gasteiger partial charge in [-0.15, -0.1) is 11.3 Å². The average molecular weight is 713 g/mol. The molecule has 4 aromatic carbocycles. The van der Waals surface area contributed by atoms with Crippen LogP contribution in [0.2, 0.25) is 5.02 Å². The van der Waals surface area contributed by atoms with E-state index in [1.807, 2.05) is 66.9 Å². The van der Waals surface area contributed by atoms with E-state index >= 15 is 0 Å². The number of thiophene rings is 1. The molecule has 51 heavy (non-hydrogen) atoms. The second-order valence-electron chi connectivity index (χ2n) is 13.9. The molecular weight excluding hydrogens is 676 g/mol. The van der Waals surface area contributed by atoms with Crippen LogP contribution in [0.1, 0.15) is 53.6 Å². The second kappa shape index (κ2) is 14.1. The van der Waals surface area contributed by atoms with Crippen molar-refractivity contribution < 1.29 is 9.72 Å². The van der Waals surface area contributed by atoms with Gasteiger partial charge in [0.15, 0.2) is 0 Å². The lowest BCUT2D eigenvalue weighted by atomic mass is 9.72. The molecule has 256 valence electrons. The van der Waals surface area contributed by atoms with Crippen LogP contribution in [-0.4, -0.2) is 21.6 Å². The summed E-state index contributed by atoms with van der Waals surface area (Å²) in [5.41, 5.74) is 7.89. The van der Waals surface area contributed by atoms with E-state index in [2.05, 4.69) is 36.7 Å². The van der Waals surface area contributed by atoms with Gasteiger partial charge in [0.2, 0.25) is 0 Å². The van der Waals surface area contributed by atoms with Crippen LogP contribution in [0.3, 0.4) is 0 Å². The fourth-order valence-corrected chi connectivity index (χ4v) is 8.22. The zero-order chi connectivity index (χ0) is 35.7. The molecular formula is C42H37ClN4O3S. The molecule has 1 aliphatic rings. The molecule has 1 amide bonds. The summed E-state index contributed by atoms with van der Waals surface area (Å²) < 4.78 is 2.12. The Morgan fingerprint density at radius 3 is 2.22 bits per heavy atom. The van der Waals surface area contributed by atoms with Gasteiger partial charge in [-0.3, -0.25) is 14.9 Å². The molecule has 0 radical (unpaired) electrons. The molecule has 0 saturated carbocycles. The fourth-order valence-electron chi connectivity index (χ4n) is 6.82. The second-order valence-corrected chi connectivity index (χ2v) is 15.4. The summed E-state index contributed by atoms with van der Waals surface area (Å²) in [7, 11) is 0. The summed E-state index contributed by atoms with van der Waals surface area (Å²) >= 11 is 7.73. The van der Waals surface area contributed by atoms with Gasteiger partial charge in [0.05, 0.1) is 21.9 Å². The molecule has 2 heterocycles. The normalized spacial score (nSPS) is 14.4. The number of nitro benzene ring substituents is 1. The highest BCUT2D eigenvalue weighted by Gasteiger charge is 2.34. The summed E-state index contributed by atoms with van der Waals surface area (Å²) in [4.78, 5) is 31.5. The number of aromatic nitrogens is 1. The molecule has 6 aromatic rings. The molecule has 9 heteroatoms. The SMILES string of the molecule is CC(C)(C)[C@@H]1CCc2c(sc(N=Cc3cc(-c4ccccc4)n(-c4ccc([N+](=O)[O-])cc4)c3-c3ccccc3)c2C(=O)Nc2ccc(Cl)cc2)C1. The van der Waals surface area contributed by atoms with Crippen LogP contribution in [0.5, 0.6) is 0 Å². The molecule has 7 rings (SSSR count). The smallest absolute Gasteiger partial charge is 0.269 e. The first kappa shape index (κ1) is 34.2. The van der Waals surface area contributed by atoms with Gasteiger partial charge in [-0.2, -0.15) is 0 Å². The van der Waals surface area contributed by atoms with Gasteiger partial charge in [0.25, 0.3) is 11.6 Å². The van der Waals surface area contributed by atoms with Crippen LogP contribution in [0, 0.1) is 21.4 Å². The summed E-state index contributed by atoms with van der Waals surface area (Å²) in [6.45, 7) is 6.86. The van der Waals surface area contributed by atoms with Gasteiger partial charge in [-0.05, 0) is 89.8 Å². The summed E-state index contributed by atoms with van der Waals surface area (Å²) in [6.07, 6.45) is 4.59. The number of amides is 1. The van der Waals surface area contributed by atoms with Crippen molar-refractivity contribution in [3.05, 3.63) is 152 Å². The molecule has 0 spiro atoms. The average Bonchev–Trinajstić information content (AvgIpc) is 3.70. The number of nitro groups is 1. The Hall–Kier alpha value is -5.31. The van der Waals surface area contributed by atoms with Crippen LogP contribution < -0.4 is 5.32 Å². The van der Waals surface area contributed by atoms with Gasteiger partial charge < -0.3 is 9.88 Å². The summed E-state index contributed by atoms with van der Waals surface area (Å²) in [5, 5.41) is 15.9. The quantitative estimate of drug-likeness (QED) is 0.0967. The summed E-state index contributed by atoms with van der Waals surface area (Å²) in [6, 6.07) is 35.9. The third-order valence-corrected chi connectivity index (χ3v) is 11.0. The molecule has 7 nitrogen and oxygen atoms in total. The van der Waals surface area contributed by atoms with Gasteiger partial charge in [0.1, 0.15) is 5.00 Å². The zero-order valence-corrected chi connectivity index (χ0v) is 30.2. The van der Waals surface area contributed by atoms with Crippen molar-refractivity contribution in [2.45, 2.75) is 40.0 Å². The van der Waals surface area contributed by atoms with Crippen LogP contribution >= 0.6 is 22.9 Å². The molecule has 1 N–H and O–H groups in total. The Morgan fingerprint density at radius 1 is 0.941 bits per heavy atom. The predicted molar refractivity (Wildman–Crippen MR) is 209 cm³/mol. The highest BCUT2D eigenvalue weighted by atomic mass is 35.5. The number of anilines is 1. The lowest BCUT2D eigenvalue weighted by Gasteiger charge is -2.33. The molecule has 1 aliphatic carbocycles.